The van der Waals surface area contributed by atoms with E-state index in [0.29, 0.717) is 37.7 Å². The van der Waals surface area contributed by atoms with E-state index >= 15 is 0 Å². The summed E-state index contributed by atoms with van der Waals surface area (Å²) < 4.78 is 27.8. The van der Waals surface area contributed by atoms with Gasteiger partial charge in [0, 0.05) is 51.4 Å². The molecule has 0 spiro atoms. The van der Waals surface area contributed by atoms with E-state index < -0.39 is 10.0 Å². The van der Waals surface area contributed by atoms with Gasteiger partial charge in [-0.1, -0.05) is 38.3 Å². The van der Waals surface area contributed by atoms with E-state index in [1.54, 1.807) is 6.07 Å². The third kappa shape index (κ3) is 5.51. The van der Waals surface area contributed by atoms with E-state index in [0.717, 1.165) is 45.3 Å². The van der Waals surface area contributed by atoms with E-state index in [2.05, 4.69) is 18.7 Å². The zero-order chi connectivity index (χ0) is 21.0. The number of carbonyl (C=O) groups is 1. The van der Waals surface area contributed by atoms with Crippen molar-refractivity contribution in [1.29, 1.82) is 0 Å². The molecular weight excluding hydrogens is 410 g/mol. The van der Waals surface area contributed by atoms with Crippen molar-refractivity contribution in [3.8, 4) is 0 Å². The van der Waals surface area contributed by atoms with E-state index in [9.17, 15) is 13.2 Å². The minimum absolute atomic E-state index is 0.0466. The van der Waals surface area contributed by atoms with Crippen LogP contribution in [0.15, 0.2) is 23.1 Å². The van der Waals surface area contributed by atoms with Gasteiger partial charge < -0.3 is 4.90 Å². The molecule has 1 amide bonds. The van der Waals surface area contributed by atoms with Crippen LogP contribution in [0.25, 0.3) is 0 Å². The summed E-state index contributed by atoms with van der Waals surface area (Å²) in [5.74, 6) is 0.471. The van der Waals surface area contributed by atoms with Crippen molar-refractivity contribution in [2.45, 2.75) is 44.4 Å². The first-order chi connectivity index (χ1) is 13.8. The van der Waals surface area contributed by atoms with Crippen LogP contribution in [-0.2, 0) is 10.0 Å². The van der Waals surface area contributed by atoms with Crippen molar-refractivity contribution in [2.24, 2.45) is 5.92 Å². The lowest BCUT2D eigenvalue weighted by atomic mass is 10.1. The molecule has 0 bridgehead atoms. The van der Waals surface area contributed by atoms with E-state index in [1.807, 2.05) is 4.90 Å². The summed E-state index contributed by atoms with van der Waals surface area (Å²) in [4.78, 5) is 17.2. The van der Waals surface area contributed by atoms with E-state index in [-0.39, 0.29) is 15.8 Å². The minimum atomic E-state index is -3.70. The molecular formula is C21H32ClN3O3S. The second-order valence-corrected chi connectivity index (χ2v) is 10.8. The lowest BCUT2D eigenvalue weighted by molar-refractivity contribution is 0.0623. The zero-order valence-corrected chi connectivity index (χ0v) is 19.0. The van der Waals surface area contributed by atoms with Crippen molar-refractivity contribution in [3.63, 3.8) is 0 Å². The smallest absolute Gasteiger partial charge is 0.253 e. The van der Waals surface area contributed by atoms with Gasteiger partial charge in [0.25, 0.3) is 5.91 Å². The fourth-order valence-electron chi connectivity index (χ4n) is 4.09. The fraction of sp³-hybridized carbons (Fsp3) is 0.667. The molecule has 0 aliphatic carbocycles. The third-order valence-electron chi connectivity index (χ3n) is 5.64. The van der Waals surface area contributed by atoms with Crippen LogP contribution < -0.4 is 0 Å². The maximum Gasteiger partial charge on any atom is 0.253 e. The van der Waals surface area contributed by atoms with Crippen molar-refractivity contribution in [3.05, 3.63) is 28.8 Å². The summed E-state index contributed by atoms with van der Waals surface area (Å²) in [6, 6.07) is 4.63. The van der Waals surface area contributed by atoms with Crippen LogP contribution in [0.4, 0.5) is 0 Å². The van der Waals surface area contributed by atoms with E-state index in [4.69, 9.17) is 11.6 Å². The molecule has 0 unspecified atom stereocenters. The molecule has 1 aromatic carbocycles. The topological polar surface area (TPSA) is 60.9 Å². The molecule has 8 heteroatoms. The Bertz CT molecular complexity index is 812. The molecule has 6 nitrogen and oxygen atoms in total. The van der Waals surface area contributed by atoms with Gasteiger partial charge in [0.05, 0.1) is 5.02 Å². The summed E-state index contributed by atoms with van der Waals surface area (Å²) in [7, 11) is -3.70. The largest absolute Gasteiger partial charge is 0.336 e. The first-order valence-corrected chi connectivity index (χ1v) is 12.4. The van der Waals surface area contributed by atoms with Crippen LogP contribution in [-0.4, -0.2) is 74.2 Å². The highest BCUT2D eigenvalue weighted by Gasteiger charge is 2.29. The molecule has 29 heavy (non-hydrogen) atoms. The van der Waals surface area contributed by atoms with Gasteiger partial charge in [-0.25, -0.2) is 8.42 Å². The van der Waals surface area contributed by atoms with Gasteiger partial charge in [-0.15, -0.1) is 0 Å². The van der Waals surface area contributed by atoms with Gasteiger partial charge in [-0.3, -0.25) is 9.69 Å². The first-order valence-electron chi connectivity index (χ1n) is 10.6. The SMILES string of the molecule is CC(C)CN1CCN(C(=O)c2ccc(Cl)c(S(=O)(=O)N3CCCCCC3)c2)CC1. The van der Waals surface area contributed by atoms with Gasteiger partial charge in [-0.05, 0) is 37.0 Å². The van der Waals surface area contributed by atoms with Crippen molar-refractivity contribution < 1.29 is 13.2 Å². The normalized spacial score (nSPS) is 20.1. The minimum Gasteiger partial charge on any atom is -0.336 e. The molecule has 0 saturated carbocycles. The number of piperazine rings is 1. The van der Waals surface area contributed by atoms with Gasteiger partial charge in [0.15, 0.2) is 0 Å². The number of benzene rings is 1. The highest BCUT2D eigenvalue weighted by atomic mass is 35.5. The summed E-state index contributed by atoms with van der Waals surface area (Å²) in [6.07, 6.45) is 3.80. The Morgan fingerprint density at radius 1 is 1.00 bits per heavy atom. The Morgan fingerprint density at radius 2 is 1.62 bits per heavy atom. The molecule has 2 aliphatic rings. The number of hydrogen-bond donors (Lipinski definition) is 0. The maximum atomic E-state index is 13.2. The Morgan fingerprint density at radius 3 is 2.21 bits per heavy atom. The lowest BCUT2D eigenvalue weighted by Crippen LogP contribution is -2.49. The number of amides is 1. The summed E-state index contributed by atoms with van der Waals surface area (Å²) >= 11 is 6.26. The third-order valence-corrected chi connectivity index (χ3v) is 8.02. The molecule has 1 aromatic rings. The Labute approximate surface area is 179 Å². The van der Waals surface area contributed by atoms with Gasteiger partial charge in [0.1, 0.15) is 4.90 Å². The summed E-state index contributed by atoms with van der Waals surface area (Å²) in [6.45, 7) is 9.43. The number of hydrogen-bond acceptors (Lipinski definition) is 4. The Kier molecular flexibility index (Phi) is 7.59. The quantitative estimate of drug-likeness (QED) is 0.703. The van der Waals surface area contributed by atoms with Crippen LogP contribution in [0, 0.1) is 5.92 Å². The van der Waals surface area contributed by atoms with Crippen LogP contribution in [0.1, 0.15) is 49.9 Å². The number of sulfonamides is 1. The highest BCUT2D eigenvalue weighted by molar-refractivity contribution is 7.89. The number of rotatable bonds is 5. The monoisotopic (exact) mass is 441 g/mol. The fourth-order valence-corrected chi connectivity index (χ4v) is 6.11. The number of carbonyl (C=O) groups excluding carboxylic acids is 1. The predicted molar refractivity (Wildman–Crippen MR) is 116 cm³/mol. The molecule has 2 saturated heterocycles. The van der Waals surface area contributed by atoms with E-state index in [1.165, 1.54) is 16.4 Å². The molecule has 0 N–H and O–H groups in total. The second-order valence-electron chi connectivity index (χ2n) is 8.45. The summed E-state index contributed by atoms with van der Waals surface area (Å²) in [5, 5.41) is 0.174. The molecule has 0 aromatic heterocycles. The molecule has 2 aliphatic heterocycles. The van der Waals surface area contributed by atoms with Crippen LogP contribution in [0.2, 0.25) is 5.02 Å². The number of nitrogens with zero attached hydrogens (tertiary/aromatic N) is 3. The van der Waals surface area contributed by atoms with Crippen LogP contribution in [0.3, 0.4) is 0 Å². The molecule has 2 fully saturated rings. The average Bonchev–Trinajstić information content (AvgIpc) is 2.98. The molecule has 2 heterocycles. The lowest BCUT2D eigenvalue weighted by Gasteiger charge is -2.35. The van der Waals surface area contributed by atoms with Crippen molar-refractivity contribution in [1.82, 2.24) is 14.1 Å². The average molecular weight is 442 g/mol. The highest BCUT2D eigenvalue weighted by Crippen LogP contribution is 2.28. The molecule has 0 radical (unpaired) electrons. The van der Waals surface area contributed by atoms with Crippen molar-refractivity contribution in [2.75, 3.05) is 45.8 Å². The van der Waals surface area contributed by atoms with Gasteiger partial charge in [-0.2, -0.15) is 4.31 Å². The standard InChI is InChI=1S/C21H32ClN3O3S/c1-17(2)16-23-11-13-24(14-12-23)21(26)18-7-8-19(22)20(15-18)29(27,28)25-9-5-3-4-6-10-25/h7-8,15,17H,3-6,9-14,16H2,1-2H3. The Balaban J connectivity index is 1.76. The zero-order valence-electron chi connectivity index (χ0n) is 17.4. The maximum absolute atomic E-state index is 13.2. The van der Waals surface area contributed by atoms with Crippen LogP contribution in [0.5, 0.6) is 0 Å². The predicted octanol–water partition coefficient (Wildman–Crippen LogP) is 3.32. The molecule has 3 rings (SSSR count). The number of halogens is 1. The van der Waals surface area contributed by atoms with Gasteiger partial charge in [0.2, 0.25) is 10.0 Å². The van der Waals surface area contributed by atoms with Crippen LogP contribution >= 0.6 is 11.6 Å². The molecule has 162 valence electrons. The Hall–Kier alpha value is -1.15. The summed E-state index contributed by atoms with van der Waals surface area (Å²) in [5.41, 5.74) is 0.389. The first kappa shape index (κ1) is 22.5. The molecule has 0 atom stereocenters. The van der Waals surface area contributed by atoms with Crippen molar-refractivity contribution >= 4 is 27.5 Å². The second kappa shape index (κ2) is 9.77. The van der Waals surface area contributed by atoms with Gasteiger partial charge >= 0.3 is 0 Å².